The van der Waals surface area contributed by atoms with Gasteiger partial charge in [-0.2, -0.15) is 0 Å². The third-order valence-electron chi connectivity index (χ3n) is 4.03. The largest absolute Gasteiger partial charge is 0.496 e. The van der Waals surface area contributed by atoms with Crippen LogP contribution in [0, 0.1) is 0 Å². The summed E-state index contributed by atoms with van der Waals surface area (Å²) in [5.74, 6) is 0.552. The van der Waals surface area contributed by atoms with E-state index in [9.17, 15) is 9.59 Å². The number of ether oxygens (including phenoxy) is 2. The molecule has 2 aromatic carbocycles. The van der Waals surface area contributed by atoms with Crippen LogP contribution in [0.15, 0.2) is 42.5 Å². The van der Waals surface area contributed by atoms with E-state index in [0.717, 1.165) is 11.1 Å². The van der Waals surface area contributed by atoms with E-state index < -0.39 is 11.7 Å². The molecule has 0 aliphatic carbocycles. The van der Waals surface area contributed by atoms with Crippen LogP contribution < -0.4 is 10.1 Å². The van der Waals surface area contributed by atoms with Crippen LogP contribution >= 0.6 is 11.6 Å². The Hall–Kier alpha value is -2.73. The molecule has 29 heavy (non-hydrogen) atoms. The highest BCUT2D eigenvalue weighted by molar-refractivity contribution is 6.30. The third kappa shape index (κ3) is 6.98. The van der Waals surface area contributed by atoms with Crippen molar-refractivity contribution in [1.82, 2.24) is 10.2 Å². The van der Waals surface area contributed by atoms with Crippen LogP contribution in [0.1, 0.15) is 42.3 Å². The molecule has 0 spiro atoms. The molecule has 2 amide bonds. The first kappa shape index (κ1) is 22.6. The Morgan fingerprint density at radius 1 is 1.10 bits per heavy atom. The van der Waals surface area contributed by atoms with Gasteiger partial charge in [0.2, 0.25) is 0 Å². The lowest BCUT2D eigenvalue weighted by molar-refractivity contribution is 0.0523. The normalized spacial score (nSPS) is 11.0. The summed E-state index contributed by atoms with van der Waals surface area (Å²) in [4.78, 5) is 26.1. The Kier molecular flexibility index (Phi) is 7.51. The van der Waals surface area contributed by atoms with Crippen molar-refractivity contribution in [2.45, 2.75) is 39.5 Å². The Labute approximate surface area is 176 Å². The molecule has 0 radical (unpaired) electrons. The molecule has 2 rings (SSSR count). The van der Waals surface area contributed by atoms with E-state index in [-0.39, 0.29) is 5.91 Å². The second kappa shape index (κ2) is 9.65. The smallest absolute Gasteiger partial charge is 0.407 e. The van der Waals surface area contributed by atoms with Crippen LogP contribution in [-0.4, -0.2) is 36.7 Å². The van der Waals surface area contributed by atoms with Gasteiger partial charge in [-0.25, -0.2) is 4.79 Å². The number of amides is 2. The highest BCUT2D eigenvalue weighted by Gasteiger charge is 2.17. The molecule has 0 aliphatic heterocycles. The highest BCUT2D eigenvalue weighted by Crippen LogP contribution is 2.24. The average molecular weight is 419 g/mol. The molecule has 0 atom stereocenters. The van der Waals surface area contributed by atoms with Gasteiger partial charge in [0.25, 0.3) is 5.91 Å². The first-order valence-electron chi connectivity index (χ1n) is 9.22. The molecule has 0 heterocycles. The Morgan fingerprint density at radius 3 is 2.34 bits per heavy atom. The quantitative estimate of drug-likeness (QED) is 0.741. The lowest BCUT2D eigenvalue weighted by Crippen LogP contribution is -2.32. The third-order valence-corrected chi connectivity index (χ3v) is 4.27. The van der Waals surface area contributed by atoms with Crippen molar-refractivity contribution in [3.05, 3.63) is 64.2 Å². The number of halogens is 1. The molecule has 0 fully saturated rings. The van der Waals surface area contributed by atoms with Gasteiger partial charge in [0, 0.05) is 36.3 Å². The summed E-state index contributed by atoms with van der Waals surface area (Å²) >= 11 is 6.06. The van der Waals surface area contributed by atoms with Crippen molar-refractivity contribution in [2.75, 3.05) is 14.2 Å². The van der Waals surface area contributed by atoms with Gasteiger partial charge in [-0.1, -0.05) is 23.7 Å². The molecule has 2 aromatic rings. The lowest BCUT2D eigenvalue weighted by atomic mass is 10.1. The fourth-order valence-electron chi connectivity index (χ4n) is 2.67. The maximum absolute atomic E-state index is 12.7. The molecule has 0 aromatic heterocycles. The van der Waals surface area contributed by atoms with Gasteiger partial charge in [-0.3, -0.25) is 4.79 Å². The predicted molar refractivity (Wildman–Crippen MR) is 113 cm³/mol. The van der Waals surface area contributed by atoms with Crippen LogP contribution in [0.3, 0.4) is 0 Å². The minimum Gasteiger partial charge on any atom is -0.496 e. The molecular weight excluding hydrogens is 392 g/mol. The van der Waals surface area contributed by atoms with Crippen molar-refractivity contribution in [2.24, 2.45) is 0 Å². The number of rotatable bonds is 6. The monoisotopic (exact) mass is 418 g/mol. The van der Waals surface area contributed by atoms with Crippen LogP contribution in [0.25, 0.3) is 0 Å². The topological polar surface area (TPSA) is 67.9 Å². The summed E-state index contributed by atoms with van der Waals surface area (Å²) in [7, 11) is 3.30. The number of hydrogen-bond donors (Lipinski definition) is 1. The van der Waals surface area contributed by atoms with E-state index in [1.807, 2.05) is 20.8 Å². The summed E-state index contributed by atoms with van der Waals surface area (Å²) in [6.07, 6.45) is -0.479. The average Bonchev–Trinajstić information content (AvgIpc) is 2.65. The van der Waals surface area contributed by atoms with Gasteiger partial charge in [0.1, 0.15) is 11.4 Å². The lowest BCUT2D eigenvalue weighted by Gasteiger charge is -2.20. The standard InChI is InChI=1S/C22H27ClN2O4/c1-22(2,3)29-21(27)24-13-15-6-8-16(9-7-15)20(26)25(4)14-17-12-18(23)10-11-19(17)28-5/h6-12H,13-14H2,1-5H3,(H,24,27). The summed E-state index contributed by atoms with van der Waals surface area (Å²) in [5.41, 5.74) is 1.70. The maximum Gasteiger partial charge on any atom is 0.407 e. The van der Waals surface area contributed by atoms with Crippen molar-refractivity contribution >= 4 is 23.6 Å². The van der Waals surface area contributed by atoms with Gasteiger partial charge in [-0.15, -0.1) is 0 Å². The number of methoxy groups -OCH3 is 1. The summed E-state index contributed by atoms with van der Waals surface area (Å²) < 4.78 is 10.5. The summed E-state index contributed by atoms with van der Waals surface area (Å²) in [6.45, 7) is 6.11. The van der Waals surface area contributed by atoms with E-state index in [2.05, 4.69) is 5.32 Å². The number of hydrogen-bond acceptors (Lipinski definition) is 4. The van der Waals surface area contributed by atoms with E-state index >= 15 is 0 Å². The van der Waals surface area contributed by atoms with Crippen molar-refractivity contribution < 1.29 is 19.1 Å². The van der Waals surface area contributed by atoms with Crippen molar-refractivity contribution in [3.8, 4) is 5.75 Å². The molecule has 0 aliphatic rings. The minimum absolute atomic E-state index is 0.126. The van der Waals surface area contributed by atoms with Gasteiger partial charge in [-0.05, 0) is 56.7 Å². The predicted octanol–water partition coefficient (Wildman–Crippen LogP) is 4.65. The second-order valence-electron chi connectivity index (χ2n) is 7.67. The zero-order valence-corrected chi connectivity index (χ0v) is 18.2. The molecule has 0 saturated heterocycles. The number of benzene rings is 2. The van der Waals surface area contributed by atoms with E-state index in [1.165, 1.54) is 0 Å². The Balaban J connectivity index is 1.97. The summed E-state index contributed by atoms with van der Waals surface area (Å²) in [6, 6.07) is 12.4. The first-order valence-corrected chi connectivity index (χ1v) is 9.60. The number of nitrogens with zero attached hydrogens (tertiary/aromatic N) is 1. The molecule has 7 heteroatoms. The van der Waals surface area contributed by atoms with Gasteiger partial charge >= 0.3 is 6.09 Å². The Morgan fingerprint density at radius 2 is 1.76 bits per heavy atom. The maximum atomic E-state index is 12.7. The molecular formula is C22H27ClN2O4. The zero-order chi connectivity index (χ0) is 21.6. The second-order valence-corrected chi connectivity index (χ2v) is 8.11. The molecule has 1 N–H and O–H groups in total. The van der Waals surface area contributed by atoms with E-state index in [0.29, 0.717) is 29.4 Å². The number of carbonyl (C=O) groups excluding carboxylic acids is 2. The molecule has 156 valence electrons. The highest BCUT2D eigenvalue weighted by atomic mass is 35.5. The van der Waals surface area contributed by atoms with Crippen LogP contribution in [0.2, 0.25) is 5.02 Å². The SMILES string of the molecule is COc1ccc(Cl)cc1CN(C)C(=O)c1ccc(CNC(=O)OC(C)(C)C)cc1. The Bertz CT molecular complexity index is 860. The minimum atomic E-state index is -0.545. The van der Waals surface area contributed by atoms with Crippen LogP contribution in [0.5, 0.6) is 5.75 Å². The van der Waals surface area contributed by atoms with Gasteiger partial charge in [0.05, 0.1) is 7.11 Å². The number of nitrogens with one attached hydrogen (secondary N) is 1. The van der Waals surface area contributed by atoms with Gasteiger partial charge < -0.3 is 19.7 Å². The number of carbonyl (C=O) groups is 2. The van der Waals surface area contributed by atoms with Crippen molar-refractivity contribution in [1.29, 1.82) is 0 Å². The zero-order valence-electron chi connectivity index (χ0n) is 17.4. The molecule has 6 nitrogen and oxygen atoms in total. The molecule has 0 saturated carbocycles. The van der Waals surface area contributed by atoms with E-state index in [4.69, 9.17) is 21.1 Å². The van der Waals surface area contributed by atoms with Crippen LogP contribution in [-0.2, 0) is 17.8 Å². The van der Waals surface area contributed by atoms with Crippen molar-refractivity contribution in [3.63, 3.8) is 0 Å². The first-order chi connectivity index (χ1) is 13.6. The van der Waals surface area contributed by atoms with Crippen LogP contribution in [0.4, 0.5) is 4.79 Å². The fourth-order valence-corrected chi connectivity index (χ4v) is 2.87. The number of alkyl carbamates (subject to hydrolysis) is 1. The fraction of sp³-hybridized carbons (Fsp3) is 0.364. The van der Waals surface area contributed by atoms with E-state index in [1.54, 1.807) is 61.5 Å². The summed E-state index contributed by atoms with van der Waals surface area (Å²) in [5, 5.41) is 3.28. The van der Waals surface area contributed by atoms with Gasteiger partial charge in [0.15, 0.2) is 0 Å². The molecule has 0 bridgehead atoms. The molecule has 0 unspecified atom stereocenters.